The molecule has 3 N–H and O–H groups in total. The van der Waals surface area contributed by atoms with E-state index in [0.717, 1.165) is 72.6 Å². The van der Waals surface area contributed by atoms with Crippen LogP contribution in [-0.4, -0.2) is 88.4 Å². The number of methoxy groups -OCH3 is 1. The number of carbonyl (C=O) groups excluding carboxylic acids is 2. The van der Waals surface area contributed by atoms with Gasteiger partial charge in [0.25, 0.3) is 5.92 Å². The average molecular weight is 1200 g/mol. The second kappa shape index (κ2) is 35.4. The molecular weight excluding hydrogens is 1110 g/mol. The number of nitrogens with zero attached hydrogens (tertiary/aromatic N) is 4. The fraction of sp³-hybridized carbons (Fsp3) is 0.548. The van der Waals surface area contributed by atoms with Crippen molar-refractivity contribution in [1.82, 2.24) is 24.5 Å². The average Bonchev–Trinajstić information content (AvgIpc) is 3.79. The van der Waals surface area contributed by atoms with E-state index in [1.807, 2.05) is 32.2 Å². The van der Waals surface area contributed by atoms with Crippen LogP contribution >= 0.6 is 28.4 Å². The molecule has 1 aliphatic rings. The molecule has 2 aromatic heterocycles. The van der Waals surface area contributed by atoms with Crippen LogP contribution in [0.15, 0.2) is 78.5 Å². The number of amides is 1. The van der Waals surface area contributed by atoms with Crippen molar-refractivity contribution < 1.29 is 32.6 Å². The highest BCUT2D eigenvalue weighted by Crippen LogP contribution is 2.41. The predicted molar refractivity (Wildman–Crippen MR) is 327 cm³/mol. The van der Waals surface area contributed by atoms with Crippen LogP contribution in [0.25, 0.3) is 28.2 Å². The summed E-state index contributed by atoms with van der Waals surface area (Å²) in [6, 6.07) is 20.3. The third-order valence-corrected chi connectivity index (χ3v) is 16.4. The molecule has 3 unspecified atom stereocenters. The Balaban J connectivity index is 0.000000361. The zero-order valence-electron chi connectivity index (χ0n) is 48.3. The number of anilines is 1. The van der Waals surface area contributed by atoms with Crippen LogP contribution in [0.4, 0.5) is 18.9 Å². The molecule has 6 rings (SSSR count). The topological polar surface area (TPSA) is 122 Å². The van der Waals surface area contributed by atoms with E-state index in [9.17, 15) is 22.8 Å². The highest BCUT2D eigenvalue weighted by Gasteiger charge is 2.39. The number of likely N-dealkylation sites (tertiary alicyclic amines) is 1. The lowest BCUT2D eigenvalue weighted by atomic mass is 9.86. The molecule has 3 aromatic carbocycles. The summed E-state index contributed by atoms with van der Waals surface area (Å²) in [5, 5.41) is 14.3. The van der Waals surface area contributed by atoms with E-state index >= 15 is 0 Å². The van der Waals surface area contributed by atoms with Gasteiger partial charge in [0.05, 0.1) is 17.0 Å². The number of ketones is 1. The van der Waals surface area contributed by atoms with Crippen LogP contribution in [0.2, 0.25) is 0 Å². The zero-order valence-corrected chi connectivity index (χ0v) is 51.5. The van der Waals surface area contributed by atoms with Crippen LogP contribution in [0.5, 0.6) is 0 Å². The van der Waals surface area contributed by atoms with Gasteiger partial charge in [0.2, 0.25) is 5.91 Å². The first-order valence-corrected chi connectivity index (χ1v) is 32.2. The molecule has 0 radical (unpaired) electrons. The summed E-state index contributed by atoms with van der Waals surface area (Å²) in [5.41, 5.74) is 10.5. The van der Waals surface area contributed by atoms with Crippen molar-refractivity contribution in [3.05, 3.63) is 118 Å². The number of pyridine rings is 1. The second-order valence-corrected chi connectivity index (χ2v) is 21.9. The number of hydrogen-bond donors (Lipinski definition) is 3. The van der Waals surface area contributed by atoms with E-state index in [4.69, 9.17) is 14.8 Å². The van der Waals surface area contributed by atoms with Gasteiger partial charge in [-0.15, -0.1) is 0 Å². The number of aliphatic hydroxyl groups excluding tert-OH is 1. The predicted octanol–water partition coefficient (Wildman–Crippen LogP) is 16.5. The van der Waals surface area contributed by atoms with Crippen LogP contribution in [0.1, 0.15) is 190 Å². The number of carbonyl (C=O) groups is 2. The highest BCUT2D eigenvalue weighted by atomic mass is 127. The van der Waals surface area contributed by atoms with Crippen LogP contribution in [0, 0.1) is 18.7 Å². The number of hydrogen-bond acceptors (Lipinski definition) is 8. The van der Waals surface area contributed by atoms with Gasteiger partial charge in [-0.1, -0.05) is 135 Å². The Kier molecular flexibility index (Phi) is 30.8. The molecule has 0 saturated carbocycles. The van der Waals surface area contributed by atoms with Gasteiger partial charge in [0, 0.05) is 68.8 Å². The minimum absolute atomic E-state index is 0.00361. The van der Waals surface area contributed by atoms with E-state index in [-0.39, 0.29) is 36.7 Å². The molecule has 0 aliphatic carbocycles. The third kappa shape index (κ3) is 20.4. The molecule has 5 aromatic rings. The number of imidazole rings is 1. The lowest BCUT2D eigenvalue weighted by molar-refractivity contribution is -0.121. The van der Waals surface area contributed by atoms with Gasteiger partial charge in [-0.25, -0.2) is 18.2 Å². The van der Waals surface area contributed by atoms with Crippen molar-refractivity contribution >= 4 is 62.9 Å². The number of piperidine rings is 1. The van der Waals surface area contributed by atoms with Gasteiger partial charge in [0.1, 0.15) is 24.3 Å². The molecule has 1 aliphatic heterocycles. The van der Waals surface area contributed by atoms with Gasteiger partial charge in [-0.05, 0) is 152 Å². The molecule has 3 atom stereocenters. The summed E-state index contributed by atoms with van der Waals surface area (Å²) >= 11 is 2.41. The first-order chi connectivity index (χ1) is 37.0. The van der Waals surface area contributed by atoms with Gasteiger partial charge < -0.3 is 20.5 Å². The molecule has 1 fully saturated rings. The molecule has 3 heterocycles. The number of fused-ring (bicyclic) bond motifs is 1. The van der Waals surface area contributed by atoms with Crippen LogP contribution in [-0.2, 0) is 16.1 Å². The number of benzene rings is 3. The number of aromatic nitrogens is 3. The summed E-state index contributed by atoms with van der Waals surface area (Å²) in [5.74, 6) is -2.48. The Morgan fingerprint density at radius 1 is 0.935 bits per heavy atom. The quantitative estimate of drug-likeness (QED) is 0.0300. The normalized spacial score (nSPS) is 14.1. The number of aryl methyl sites for hydroxylation is 1. The Morgan fingerprint density at radius 2 is 1.60 bits per heavy atom. The number of halogens is 4. The number of Topliss-reactive ketones (excluding diaryl/α,β-unsaturated/α-hetero) is 1. The van der Waals surface area contributed by atoms with Crippen molar-refractivity contribution in [3.8, 4) is 11.1 Å². The fourth-order valence-electron chi connectivity index (χ4n) is 10.0. The smallest absolute Gasteiger partial charge is 0.254 e. The lowest BCUT2D eigenvalue weighted by Gasteiger charge is -2.32. The molecule has 426 valence electrons. The standard InChI is InChI=1S/C32H36IN4O2P.C19H29F3N2O2.C9H20.C2H6/c1-21(19-36-15-12-26(13-16-36)25-7-5-24(6-8-25)23(3)38)17-29-22(2)34-14-11-28(29)27-9-10-30-31(18-27)37(40-33)32(35-30)20-39-4;1-4-7-15(19(21,22)5-2)14-10-9-13(12-16(14)20)24-17(8-6-11-25)18(26)23-3;1-4-7-9(6-3)8-5-2;1-2/h5-11,14,17-18,26,40H,12-13,15-16,19-20H2,1-4H3;9-10,12,15,17,24-25H,4-8,11H2,1-3H3,(H,23,26);9H,4-8H2,1-3H3;1-2H3/b21-17+;;;. The Labute approximate surface area is 474 Å². The molecule has 0 bridgehead atoms. The number of ether oxygens (including phenoxy) is 1. The van der Waals surface area contributed by atoms with Gasteiger partial charge >= 0.3 is 0 Å². The molecule has 1 saturated heterocycles. The van der Waals surface area contributed by atoms with Crippen molar-refractivity contribution in [2.75, 3.05) is 45.7 Å². The summed E-state index contributed by atoms with van der Waals surface area (Å²) in [6.45, 7) is 23.5. The largest absolute Gasteiger partial charge is 0.396 e. The zero-order chi connectivity index (χ0) is 57.1. The van der Waals surface area contributed by atoms with Gasteiger partial charge in [0.15, 0.2) is 5.78 Å². The second-order valence-electron chi connectivity index (χ2n) is 19.9. The molecule has 15 heteroatoms. The maximum Gasteiger partial charge on any atom is 0.254 e. The number of aliphatic hydroxyl groups is 1. The third-order valence-electron chi connectivity index (χ3n) is 14.3. The van der Waals surface area contributed by atoms with Gasteiger partial charge in [-0.3, -0.25) is 23.8 Å². The maximum absolute atomic E-state index is 14.6. The summed E-state index contributed by atoms with van der Waals surface area (Å²) in [4.78, 5) is 35.5. The summed E-state index contributed by atoms with van der Waals surface area (Å²) in [7, 11) is 3.20. The molecular formula is C62H91F3IN6O4P. The lowest BCUT2D eigenvalue weighted by Crippen LogP contribution is -2.38. The van der Waals surface area contributed by atoms with E-state index < -0.39 is 23.7 Å². The Bertz CT molecular complexity index is 2560. The molecule has 0 spiro atoms. The van der Waals surface area contributed by atoms with Crippen molar-refractivity contribution in [3.63, 3.8) is 0 Å². The van der Waals surface area contributed by atoms with Crippen LogP contribution in [0.3, 0.4) is 0 Å². The first kappa shape index (κ1) is 67.1. The number of rotatable bonds is 25. The van der Waals surface area contributed by atoms with Gasteiger partial charge in [-0.2, -0.15) is 0 Å². The highest BCUT2D eigenvalue weighted by molar-refractivity contribution is 14.2. The minimum atomic E-state index is -2.97. The van der Waals surface area contributed by atoms with E-state index in [1.165, 1.54) is 86.0 Å². The number of likely N-dealkylation sites (N-methyl/N-ethyl adjacent to an activating group) is 1. The summed E-state index contributed by atoms with van der Waals surface area (Å²) in [6.07, 6.45) is 15.2. The first-order valence-electron chi connectivity index (χ1n) is 28.1. The molecule has 77 heavy (non-hydrogen) atoms. The van der Waals surface area contributed by atoms with Crippen molar-refractivity contribution in [2.45, 2.75) is 177 Å². The Morgan fingerprint density at radius 3 is 2.14 bits per heavy atom. The molecule has 1 amide bonds. The van der Waals surface area contributed by atoms with Crippen molar-refractivity contribution in [2.24, 2.45) is 5.92 Å². The SMILES string of the molecule is CC.CCCC(CC)CCC.CCCC(c1ccc(NC(CCCO)C(=O)NC)cc1F)C(F)(F)CC.COCc1nc2ccc(-c3ccnc(C)c3/C=C(\C)CN3CCC(c4ccc(C(C)=O)cc4)CC3)cc2n1PI. The monoisotopic (exact) mass is 1200 g/mol. The maximum atomic E-state index is 14.6. The minimum Gasteiger partial charge on any atom is -0.396 e. The van der Waals surface area contributed by atoms with Crippen LogP contribution < -0.4 is 10.6 Å². The summed E-state index contributed by atoms with van der Waals surface area (Å²) < 4.78 is 50.6. The molecule has 10 nitrogen and oxygen atoms in total. The number of alkyl halides is 2. The fourth-order valence-corrected chi connectivity index (χ4v) is 12.1. The Hall–Kier alpha value is -4.21. The van der Waals surface area contributed by atoms with Crippen molar-refractivity contribution in [1.29, 1.82) is 0 Å². The van der Waals surface area contributed by atoms with E-state index in [0.29, 0.717) is 43.8 Å². The van der Waals surface area contributed by atoms with E-state index in [1.54, 1.807) is 21.0 Å². The number of nitrogens with one attached hydrogen (secondary N) is 2. The van der Waals surface area contributed by atoms with E-state index in [2.05, 4.69) is 124 Å².